The third-order valence-corrected chi connectivity index (χ3v) is 7.75. The fourth-order valence-electron chi connectivity index (χ4n) is 5.55. The normalized spacial score (nSPS) is 24.4. The molecule has 7 heteroatoms. The molecule has 2 aliphatic heterocycles. The molecule has 1 aliphatic carbocycles. The topological polar surface area (TPSA) is 80.8 Å². The second kappa shape index (κ2) is 7.44. The number of ether oxygens (including phenoxy) is 1. The van der Waals surface area contributed by atoms with E-state index in [-0.39, 0.29) is 11.1 Å². The predicted octanol–water partition coefficient (Wildman–Crippen LogP) is 4.65. The van der Waals surface area contributed by atoms with Gasteiger partial charge in [-0.15, -0.1) is 0 Å². The van der Waals surface area contributed by atoms with Gasteiger partial charge in [-0.3, -0.25) is 19.2 Å². The summed E-state index contributed by atoms with van der Waals surface area (Å²) < 4.78 is 6.28. The van der Waals surface area contributed by atoms with Gasteiger partial charge in [0.2, 0.25) is 29.0 Å². The number of amides is 2. The Hall–Kier alpha value is -3.61. The van der Waals surface area contributed by atoms with Gasteiger partial charge >= 0.3 is 0 Å². The van der Waals surface area contributed by atoms with Crippen LogP contribution in [0.2, 0.25) is 5.02 Å². The number of carbonyl (C=O) groups excluding carboxylic acids is 4. The average molecular weight is 486 g/mol. The van der Waals surface area contributed by atoms with Crippen LogP contribution in [0.15, 0.2) is 66.7 Å². The molecule has 1 spiro atoms. The second-order valence-corrected chi connectivity index (χ2v) is 9.74. The van der Waals surface area contributed by atoms with E-state index >= 15 is 0 Å². The molecule has 0 aromatic heterocycles. The Morgan fingerprint density at radius 2 is 1.46 bits per heavy atom. The number of hydrogen-bond donors (Lipinski definition) is 0. The van der Waals surface area contributed by atoms with Crippen molar-refractivity contribution in [2.24, 2.45) is 11.8 Å². The molecule has 6 rings (SSSR count). The van der Waals surface area contributed by atoms with Crippen LogP contribution in [-0.4, -0.2) is 29.0 Å². The van der Waals surface area contributed by atoms with E-state index < -0.39 is 46.9 Å². The Kier molecular flexibility index (Phi) is 4.66. The van der Waals surface area contributed by atoms with Gasteiger partial charge in [0.05, 0.1) is 23.6 Å². The highest BCUT2D eigenvalue weighted by atomic mass is 35.5. The smallest absolute Gasteiger partial charge is 0.241 e. The fraction of sp³-hybridized carbons (Fsp3) is 0.214. The number of anilines is 1. The minimum absolute atomic E-state index is 0.206. The van der Waals surface area contributed by atoms with Crippen LogP contribution in [-0.2, 0) is 14.3 Å². The number of halogens is 1. The lowest BCUT2D eigenvalue weighted by Crippen LogP contribution is -2.51. The van der Waals surface area contributed by atoms with Gasteiger partial charge in [0, 0.05) is 16.1 Å². The first kappa shape index (κ1) is 21.9. The van der Waals surface area contributed by atoms with E-state index in [2.05, 4.69) is 0 Å². The van der Waals surface area contributed by atoms with Crippen molar-refractivity contribution in [2.75, 3.05) is 4.90 Å². The number of rotatable bonds is 2. The number of Topliss-reactive ketones (excluding diaryl/α,β-unsaturated/α-hetero) is 2. The molecule has 174 valence electrons. The SMILES string of the molecule is Cc1ccc([C@H]2OC3(C(=O)c4ccccc4C3=O)[C@H]3C(=O)N(c4ccc(C)c(Cl)c4)C(=O)[C@H]23)cc1. The van der Waals surface area contributed by atoms with Gasteiger partial charge in [0.1, 0.15) is 0 Å². The van der Waals surface area contributed by atoms with E-state index in [1.165, 1.54) is 0 Å². The van der Waals surface area contributed by atoms with Gasteiger partial charge in [0.15, 0.2) is 0 Å². The molecule has 0 N–H and O–H groups in total. The quantitative estimate of drug-likeness (QED) is 0.390. The molecule has 3 aromatic rings. The summed E-state index contributed by atoms with van der Waals surface area (Å²) in [5, 5.41) is 0.404. The minimum Gasteiger partial charge on any atom is -0.349 e. The number of imide groups is 1. The summed E-state index contributed by atoms with van der Waals surface area (Å²) in [6.07, 6.45) is -0.940. The molecule has 3 atom stereocenters. The molecule has 2 fully saturated rings. The third-order valence-electron chi connectivity index (χ3n) is 7.34. The molecular weight excluding hydrogens is 466 g/mol. The molecule has 0 saturated carbocycles. The highest BCUT2D eigenvalue weighted by Crippen LogP contribution is 2.57. The van der Waals surface area contributed by atoms with E-state index in [4.69, 9.17) is 16.3 Å². The maximum atomic E-state index is 13.9. The fourth-order valence-corrected chi connectivity index (χ4v) is 5.72. The van der Waals surface area contributed by atoms with Gasteiger partial charge in [0.25, 0.3) is 0 Å². The van der Waals surface area contributed by atoms with Crippen LogP contribution < -0.4 is 4.90 Å². The van der Waals surface area contributed by atoms with E-state index in [1.807, 2.05) is 26.0 Å². The summed E-state index contributed by atoms with van der Waals surface area (Å²) in [7, 11) is 0. The zero-order valence-corrected chi connectivity index (χ0v) is 19.7. The standard InChI is InChI=1S/C28H20ClNO5/c1-14-7-10-16(11-8-14)23-21-22(27(34)30(26(21)33)17-12-9-15(2)20(29)13-17)28(35-23)24(31)18-5-3-4-6-19(18)25(28)32/h3-13,21-23H,1-2H3/t21-,22+,23+/m0/s1. The molecule has 2 saturated heterocycles. The average Bonchev–Trinajstić information content (AvgIpc) is 3.41. The van der Waals surface area contributed by atoms with Gasteiger partial charge in [-0.2, -0.15) is 0 Å². The summed E-state index contributed by atoms with van der Waals surface area (Å²) in [4.78, 5) is 56.3. The zero-order chi connectivity index (χ0) is 24.6. The van der Waals surface area contributed by atoms with Gasteiger partial charge < -0.3 is 4.74 Å². The second-order valence-electron chi connectivity index (χ2n) is 9.34. The number of aryl methyl sites for hydroxylation is 2. The maximum absolute atomic E-state index is 13.9. The van der Waals surface area contributed by atoms with E-state index in [0.29, 0.717) is 16.3 Å². The molecule has 6 nitrogen and oxygen atoms in total. The van der Waals surface area contributed by atoms with E-state index in [1.54, 1.807) is 54.6 Å². The van der Waals surface area contributed by atoms with Crippen LogP contribution in [0.25, 0.3) is 0 Å². The molecule has 0 unspecified atom stereocenters. The summed E-state index contributed by atoms with van der Waals surface area (Å²) in [5.74, 6) is -4.62. The molecule has 2 amide bonds. The van der Waals surface area contributed by atoms with Crippen molar-refractivity contribution in [3.05, 3.63) is 99.6 Å². The molecule has 3 aliphatic rings. The van der Waals surface area contributed by atoms with Crippen LogP contribution >= 0.6 is 11.6 Å². The van der Waals surface area contributed by atoms with Crippen molar-refractivity contribution in [2.45, 2.75) is 25.6 Å². The number of hydrogen-bond acceptors (Lipinski definition) is 5. The Balaban J connectivity index is 1.54. The van der Waals surface area contributed by atoms with Crippen LogP contribution in [0.1, 0.15) is 43.5 Å². The summed E-state index contributed by atoms with van der Waals surface area (Å²) >= 11 is 6.29. The summed E-state index contributed by atoms with van der Waals surface area (Å²) in [5.41, 5.74) is 1.06. The van der Waals surface area contributed by atoms with Gasteiger partial charge in [-0.05, 0) is 37.1 Å². The van der Waals surface area contributed by atoms with Crippen LogP contribution in [0.3, 0.4) is 0 Å². The lowest BCUT2D eigenvalue weighted by atomic mass is 9.77. The molecule has 35 heavy (non-hydrogen) atoms. The monoisotopic (exact) mass is 485 g/mol. The third kappa shape index (κ3) is 2.81. The molecule has 0 radical (unpaired) electrons. The highest BCUT2D eigenvalue weighted by Gasteiger charge is 2.74. The minimum atomic E-state index is -2.08. The van der Waals surface area contributed by atoms with Gasteiger partial charge in [-0.1, -0.05) is 71.8 Å². The number of benzene rings is 3. The lowest BCUT2D eigenvalue weighted by Gasteiger charge is -2.27. The molecule has 2 heterocycles. The number of nitrogens with zero attached hydrogens (tertiary/aromatic N) is 1. The van der Waals surface area contributed by atoms with Crippen LogP contribution in [0.5, 0.6) is 0 Å². The summed E-state index contributed by atoms with van der Waals surface area (Å²) in [6, 6.07) is 18.7. The number of carbonyl (C=O) groups is 4. The highest BCUT2D eigenvalue weighted by molar-refractivity contribution is 6.37. The Bertz CT molecular complexity index is 1430. The van der Waals surface area contributed by atoms with Crippen molar-refractivity contribution in [1.82, 2.24) is 0 Å². The van der Waals surface area contributed by atoms with E-state index in [9.17, 15) is 19.2 Å². The van der Waals surface area contributed by atoms with Crippen LogP contribution in [0, 0.1) is 25.7 Å². The maximum Gasteiger partial charge on any atom is 0.241 e. The van der Waals surface area contributed by atoms with Crippen molar-refractivity contribution in [1.29, 1.82) is 0 Å². The Morgan fingerprint density at radius 3 is 2.06 bits per heavy atom. The predicted molar refractivity (Wildman–Crippen MR) is 129 cm³/mol. The number of ketones is 2. The van der Waals surface area contributed by atoms with E-state index in [0.717, 1.165) is 16.0 Å². The Morgan fingerprint density at radius 1 is 0.829 bits per heavy atom. The first-order valence-electron chi connectivity index (χ1n) is 11.3. The largest absolute Gasteiger partial charge is 0.349 e. The zero-order valence-electron chi connectivity index (χ0n) is 18.9. The van der Waals surface area contributed by atoms with Crippen LogP contribution in [0.4, 0.5) is 5.69 Å². The molecule has 3 aromatic carbocycles. The van der Waals surface area contributed by atoms with Crippen molar-refractivity contribution in [3.63, 3.8) is 0 Å². The summed E-state index contributed by atoms with van der Waals surface area (Å²) in [6.45, 7) is 3.75. The van der Waals surface area contributed by atoms with Crippen molar-refractivity contribution < 1.29 is 23.9 Å². The lowest BCUT2D eigenvalue weighted by molar-refractivity contribution is -0.127. The van der Waals surface area contributed by atoms with Crippen molar-refractivity contribution >= 4 is 40.7 Å². The first-order chi connectivity index (χ1) is 16.8. The number of fused-ring (bicyclic) bond motifs is 3. The Labute approximate surface area is 206 Å². The van der Waals surface area contributed by atoms with Gasteiger partial charge in [-0.25, -0.2) is 4.90 Å². The first-order valence-corrected chi connectivity index (χ1v) is 11.7. The molecular formula is C28H20ClNO5. The van der Waals surface area contributed by atoms with Crippen molar-refractivity contribution in [3.8, 4) is 0 Å². The molecule has 0 bridgehead atoms.